The van der Waals surface area contributed by atoms with Crippen LogP contribution in [0.15, 0.2) is 54.9 Å². The van der Waals surface area contributed by atoms with Crippen LogP contribution < -0.4 is 16.4 Å². The molecule has 4 aromatic rings. The molecule has 0 atom stereocenters. The van der Waals surface area contributed by atoms with Crippen molar-refractivity contribution in [2.75, 3.05) is 41.0 Å². The summed E-state index contributed by atoms with van der Waals surface area (Å²) in [5.74, 6) is -0.161. The summed E-state index contributed by atoms with van der Waals surface area (Å²) < 4.78 is 40.4. The van der Waals surface area contributed by atoms with Gasteiger partial charge in [-0.3, -0.25) is 4.90 Å². The number of halogens is 1. The van der Waals surface area contributed by atoms with Crippen molar-refractivity contribution in [2.45, 2.75) is 19.9 Å². The van der Waals surface area contributed by atoms with E-state index >= 15 is 4.39 Å². The van der Waals surface area contributed by atoms with Crippen molar-refractivity contribution in [2.24, 2.45) is 0 Å². The molecule has 38 heavy (non-hydrogen) atoms. The average molecular weight is 538 g/mol. The van der Waals surface area contributed by atoms with Gasteiger partial charge in [0.05, 0.1) is 22.9 Å². The largest absolute Gasteiger partial charge is 0.382 e. The van der Waals surface area contributed by atoms with Crippen LogP contribution in [0.4, 0.5) is 26.4 Å². The number of aryl methyl sites for hydroxylation is 1. The van der Waals surface area contributed by atoms with E-state index in [2.05, 4.69) is 20.7 Å². The molecule has 0 spiro atoms. The van der Waals surface area contributed by atoms with Crippen molar-refractivity contribution >= 4 is 38.6 Å². The van der Waals surface area contributed by atoms with Crippen LogP contribution in [-0.4, -0.2) is 58.5 Å². The van der Waals surface area contributed by atoms with E-state index in [0.717, 1.165) is 17.7 Å². The third kappa shape index (κ3) is 5.46. The molecule has 0 bridgehead atoms. The third-order valence-corrected chi connectivity index (χ3v) is 8.21. The Kier molecular flexibility index (Phi) is 7.00. The van der Waals surface area contributed by atoms with E-state index in [0.29, 0.717) is 42.0 Å². The number of carbonyl (C=O) groups is 1. The van der Waals surface area contributed by atoms with Crippen molar-refractivity contribution in [1.29, 1.82) is 0 Å². The minimum atomic E-state index is -3.00. The van der Waals surface area contributed by atoms with E-state index in [1.807, 2.05) is 36.1 Å². The lowest BCUT2D eigenvalue weighted by Gasteiger charge is -2.26. The predicted octanol–water partition coefficient (Wildman–Crippen LogP) is 3.55. The molecule has 1 fully saturated rings. The number of fused-ring (bicyclic) bond motifs is 1. The fraction of sp³-hybridized carbons (Fsp3) is 0.269. The quantitative estimate of drug-likeness (QED) is 0.342. The normalized spacial score (nSPS) is 15.4. The Morgan fingerprint density at radius 1 is 1.11 bits per heavy atom. The summed E-state index contributed by atoms with van der Waals surface area (Å²) in [6.07, 6.45) is 2.18. The van der Waals surface area contributed by atoms with E-state index in [-0.39, 0.29) is 23.0 Å². The van der Waals surface area contributed by atoms with Crippen LogP contribution >= 0.6 is 0 Å². The highest BCUT2D eigenvalue weighted by Gasteiger charge is 2.24. The summed E-state index contributed by atoms with van der Waals surface area (Å²) in [7, 11) is -3.00. The minimum absolute atomic E-state index is 0.0281. The van der Waals surface area contributed by atoms with Gasteiger partial charge in [0.1, 0.15) is 17.7 Å². The van der Waals surface area contributed by atoms with E-state index in [9.17, 15) is 13.2 Å². The first-order chi connectivity index (χ1) is 18.2. The molecule has 4 N–H and O–H groups in total. The second kappa shape index (κ2) is 10.4. The maximum atomic E-state index is 15.1. The molecular formula is C26H28FN7O3S. The van der Waals surface area contributed by atoms with Gasteiger partial charge in [0.25, 0.3) is 0 Å². The van der Waals surface area contributed by atoms with Gasteiger partial charge < -0.3 is 16.4 Å². The average Bonchev–Trinajstić information content (AvgIpc) is 3.26. The highest BCUT2D eigenvalue weighted by atomic mass is 32.2. The van der Waals surface area contributed by atoms with Gasteiger partial charge in [0, 0.05) is 30.9 Å². The zero-order valence-corrected chi connectivity index (χ0v) is 21.6. The van der Waals surface area contributed by atoms with Crippen LogP contribution in [0.25, 0.3) is 16.6 Å². The minimum Gasteiger partial charge on any atom is -0.382 e. The maximum absolute atomic E-state index is 15.1. The van der Waals surface area contributed by atoms with Crippen molar-refractivity contribution in [1.82, 2.24) is 19.5 Å². The van der Waals surface area contributed by atoms with Crippen molar-refractivity contribution in [3.8, 4) is 11.1 Å². The topological polar surface area (TPSA) is 135 Å². The number of nitrogens with one attached hydrogen (secondary N) is 2. The van der Waals surface area contributed by atoms with Crippen LogP contribution in [0.5, 0.6) is 0 Å². The number of hydrogen-bond acceptors (Lipinski definition) is 7. The fourth-order valence-corrected chi connectivity index (χ4v) is 5.82. The Balaban J connectivity index is 1.38. The van der Waals surface area contributed by atoms with Gasteiger partial charge in [-0.15, -0.1) is 0 Å². The summed E-state index contributed by atoms with van der Waals surface area (Å²) in [6, 6.07) is 13.3. The molecule has 0 radical (unpaired) electrons. The number of rotatable bonds is 6. The van der Waals surface area contributed by atoms with E-state index < -0.39 is 21.7 Å². The predicted molar refractivity (Wildman–Crippen MR) is 145 cm³/mol. The second-order valence-corrected chi connectivity index (χ2v) is 11.5. The lowest BCUT2D eigenvalue weighted by atomic mass is 10.1. The SMILES string of the molecule is CCc1cccc(NC(=O)Nc2ccc(-c3cc(CN4CCS(=O)(=O)CC4)n4ncnc(N)c34)cc2F)c1. The first kappa shape index (κ1) is 25.6. The van der Waals surface area contributed by atoms with Gasteiger partial charge in [0.15, 0.2) is 15.7 Å². The lowest BCUT2D eigenvalue weighted by molar-refractivity contribution is 0.262. The molecule has 5 rings (SSSR count). The van der Waals surface area contributed by atoms with Gasteiger partial charge in [0.2, 0.25) is 0 Å². The summed E-state index contributed by atoms with van der Waals surface area (Å²) in [5.41, 5.74) is 10.4. The third-order valence-electron chi connectivity index (χ3n) is 6.60. The molecule has 2 aromatic heterocycles. The molecule has 2 aromatic carbocycles. The first-order valence-corrected chi connectivity index (χ1v) is 14.1. The summed E-state index contributed by atoms with van der Waals surface area (Å²) in [5, 5.41) is 9.61. The highest BCUT2D eigenvalue weighted by Crippen LogP contribution is 2.33. The number of amides is 2. The smallest absolute Gasteiger partial charge is 0.323 e. The van der Waals surface area contributed by atoms with Crippen LogP contribution in [0.3, 0.4) is 0 Å². The number of nitrogens with two attached hydrogens (primary N) is 1. The molecule has 1 saturated heterocycles. The maximum Gasteiger partial charge on any atom is 0.323 e. The standard InChI is InChI=1S/C26H28FN7O3S/c1-2-17-4-3-5-19(12-17)31-26(35)32-23-7-6-18(13-22(23)27)21-14-20(34-24(21)25(28)29-16-30-34)15-33-8-10-38(36,37)11-9-33/h3-7,12-14,16H,2,8-11,15H2,1H3,(H2,28,29,30)(H2,31,32,35). The van der Waals surface area contributed by atoms with Crippen molar-refractivity contribution in [3.63, 3.8) is 0 Å². The number of sulfone groups is 1. The second-order valence-electron chi connectivity index (χ2n) is 9.21. The molecule has 12 heteroatoms. The van der Waals surface area contributed by atoms with Crippen LogP contribution in [-0.2, 0) is 22.8 Å². The van der Waals surface area contributed by atoms with E-state index in [1.165, 1.54) is 18.5 Å². The number of anilines is 3. The first-order valence-electron chi connectivity index (χ1n) is 12.2. The monoisotopic (exact) mass is 537 g/mol. The van der Waals surface area contributed by atoms with Crippen molar-refractivity contribution < 1.29 is 17.6 Å². The summed E-state index contributed by atoms with van der Waals surface area (Å²) in [4.78, 5) is 18.6. The van der Waals surface area contributed by atoms with Gasteiger partial charge in [-0.25, -0.2) is 27.1 Å². The molecule has 0 unspecified atom stereocenters. The number of hydrogen-bond donors (Lipinski definition) is 3. The van der Waals surface area contributed by atoms with Gasteiger partial charge >= 0.3 is 6.03 Å². The van der Waals surface area contributed by atoms with E-state index in [1.54, 1.807) is 16.6 Å². The number of benzene rings is 2. The van der Waals surface area contributed by atoms with Crippen LogP contribution in [0.2, 0.25) is 0 Å². The Hall–Kier alpha value is -4.03. The van der Waals surface area contributed by atoms with Gasteiger partial charge in [-0.2, -0.15) is 5.10 Å². The molecule has 1 aliphatic heterocycles. The highest BCUT2D eigenvalue weighted by molar-refractivity contribution is 7.91. The zero-order valence-electron chi connectivity index (χ0n) is 20.8. The number of nitrogens with zero attached hydrogens (tertiary/aromatic N) is 4. The number of urea groups is 1. The van der Waals surface area contributed by atoms with Crippen molar-refractivity contribution in [3.05, 3.63) is 71.9 Å². The molecular weight excluding hydrogens is 509 g/mol. The number of aromatic nitrogens is 3. The molecule has 0 aliphatic carbocycles. The van der Waals surface area contributed by atoms with Gasteiger partial charge in [-0.05, 0) is 47.9 Å². The summed E-state index contributed by atoms with van der Waals surface area (Å²) in [6.45, 7) is 3.32. The van der Waals surface area contributed by atoms with E-state index in [4.69, 9.17) is 5.73 Å². The number of nitrogen functional groups attached to an aromatic ring is 1. The molecule has 3 heterocycles. The Labute approximate surface area is 219 Å². The van der Waals surface area contributed by atoms with Crippen LogP contribution in [0.1, 0.15) is 18.2 Å². The molecule has 10 nitrogen and oxygen atoms in total. The fourth-order valence-electron chi connectivity index (χ4n) is 4.54. The van der Waals surface area contributed by atoms with Crippen LogP contribution in [0, 0.1) is 5.82 Å². The molecule has 198 valence electrons. The zero-order chi connectivity index (χ0) is 26.9. The Morgan fingerprint density at radius 3 is 2.63 bits per heavy atom. The molecule has 2 amide bonds. The molecule has 1 aliphatic rings. The Morgan fingerprint density at radius 2 is 1.89 bits per heavy atom. The van der Waals surface area contributed by atoms with Gasteiger partial charge in [-0.1, -0.05) is 25.1 Å². The molecule has 0 saturated carbocycles. The summed E-state index contributed by atoms with van der Waals surface area (Å²) >= 11 is 0. The lowest BCUT2D eigenvalue weighted by Crippen LogP contribution is -2.39. The Bertz CT molecular complexity index is 1610. The number of carbonyl (C=O) groups excluding carboxylic acids is 1.